The van der Waals surface area contributed by atoms with Gasteiger partial charge in [0.15, 0.2) is 0 Å². The van der Waals surface area contributed by atoms with Gasteiger partial charge >= 0.3 is 6.18 Å². The van der Waals surface area contributed by atoms with Crippen LogP contribution in [0.5, 0.6) is 0 Å². The van der Waals surface area contributed by atoms with Gasteiger partial charge in [-0.25, -0.2) is 4.99 Å². The first-order chi connectivity index (χ1) is 12.2. The minimum absolute atomic E-state index is 0.00865. The van der Waals surface area contributed by atoms with Gasteiger partial charge in [-0.3, -0.25) is 0 Å². The van der Waals surface area contributed by atoms with Crippen LogP contribution in [-0.2, 0) is 19.0 Å². The quantitative estimate of drug-likeness (QED) is 0.554. The van der Waals surface area contributed by atoms with Gasteiger partial charge in [-0.05, 0) is 48.2 Å². The standard InChI is InChI=1S/C19H21ClF3N3/c1-4-12-7-6-8-14(9-12)26(3)18(24)25-16-11-13(5-2)10-15(17(16)20)19(21,22)23/h6-11H,4-5H2,1-3H3,(H2,24,25). The molecule has 2 N–H and O–H groups in total. The summed E-state index contributed by atoms with van der Waals surface area (Å²) in [4.78, 5) is 5.77. The van der Waals surface area contributed by atoms with Crippen molar-refractivity contribution in [3.05, 3.63) is 58.1 Å². The van der Waals surface area contributed by atoms with Crippen LogP contribution in [0.15, 0.2) is 41.4 Å². The number of anilines is 1. The van der Waals surface area contributed by atoms with Crippen molar-refractivity contribution in [2.24, 2.45) is 10.7 Å². The molecule has 0 bridgehead atoms. The summed E-state index contributed by atoms with van der Waals surface area (Å²) in [7, 11) is 1.70. The third-order valence-electron chi connectivity index (χ3n) is 4.11. The third kappa shape index (κ3) is 4.49. The van der Waals surface area contributed by atoms with E-state index in [1.807, 2.05) is 31.2 Å². The third-order valence-corrected chi connectivity index (χ3v) is 4.51. The zero-order valence-electron chi connectivity index (χ0n) is 14.9. The van der Waals surface area contributed by atoms with Crippen molar-refractivity contribution in [3.63, 3.8) is 0 Å². The Labute approximate surface area is 156 Å². The summed E-state index contributed by atoms with van der Waals surface area (Å²) < 4.78 is 39.6. The average molecular weight is 384 g/mol. The summed E-state index contributed by atoms with van der Waals surface area (Å²) in [6.45, 7) is 3.80. The van der Waals surface area contributed by atoms with Gasteiger partial charge in [0.1, 0.15) is 0 Å². The second-order valence-corrected chi connectivity index (χ2v) is 6.26. The van der Waals surface area contributed by atoms with Gasteiger partial charge in [0.25, 0.3) is 0 Å². The number of halogens is 4. The van der Waals surface area contributed by atoms with Gasteiger partial charge in [0.2, 0.25) is 5.96 Å². The Balaban J connectivity index is 2.47. The molecule has 0 aromatic heterocycles. The second-order valence-electron chi connectivity index (χ2n) is 5.88. The summed E-state index contributed by atoms with van der Waals surface area (Å²) in [6.07, 6.45) is -3.27. The first-order valence-electron chi connectivity index (χ1n) is 8.23. The largest absolute Gasteiger partial charge is 0.417 e. The first kappa shape index (κ1) is 20.1. The SMILES string of the molecule is CCc1cccc(N(C)C(N)=Nc2cc(CC)cc(C(F)(F)F)c2Cl)c1. The molecule has 0 unspecified atom stereocenters. The van der Waals surface area contributed by atoms with Crippen LogP contribution in [0.4, 0.5) is 24.5 Å². The molecule has 0 heterocycles. The number of aryl methyl sites for hydroxylation is 2. The fourth-order valence-electron chi connectivity index (χ4n) is 2.47. The number of nitrogens with two attached hydrogens (primary N) is 1. The molecule has 0 aliphatic carbocycles. The molecule has 26 heavy (non-hydrogen) atoms. The van der Waals surface area contributed by atoms with Gasteiger partial charge in [-0.1, -0.05) is 37.6 Å². The molecule has 0 saturated carbocycles. The lowest BCUT2D eigenvalue weighted by atomic mass is 10.1. The van der Waals surface area contributed by atoms with Gasteiger partial charge in [0, 0.05) is 12.7 Å². The fourth-order valence-corrected chi connectivity index (χ4v) is 2.73. The Morgan fingerprint density at radius 3 is 2.35 bits per heavy atom. The van der Waals surface area contributed by atoms with Crippen LogP contribution in [0.25, 0.3) is 0 Å². The second kappa shape index (κ2) is 7.99. The number of alkyl halides is 3. The highest BCUT2D eigenvalue weighted by atomic mass is 35.5. The monoisotopic (exact) mass is 383 g/mol. The number of benzene rings is 2. The molecule has 0 fully saturated rings. The predicted molar refractivity (Wildman–Crippen MR) is 101 cm³/mol. The summed E-state index contributed by atoms with van der Waals surface area (Å²) in [6, 6.07) is 10.3. The molecule has 0 amide bonds. The van der Waals surface area contributed by atoms with E-state index in [1.165, 1.54) is 6.07 Å². The van der Waals surface area contributed by atoms with Gasteiger partial charge in [-0.2, -0.15) is 13.2 Å². The van der Waals surface area contributed by atoms with Crippen LogP contribution in [0.1, 0.15) is 30.5 Å². The normalized spacial score (nSPS) is 12.3. The Morgan fingerprint density at radius 2 is 1.77 bits per heavy atom. The predicted octanol–water partition coefficient (Wildman–Crippen LogP) is 5.57. The number of hydrogen-bond acceptors (Lipinski definition) is 1. The van der Waals surface area contributed by atoms with Gasteiger partial charge < -0.3 is 10.6 Å². The van der Waals surface area contributed by atoms with Crippen LogP contribution in [-0.4, -0.2) is 13.0 Å². The molecular weight excluding hydrogens is 363 g/mol. The Kier molecular flexibility index (Phi) is 6.18. The maximum absolute atomic E-state index is 13.2. The average Bonchev–Trinajstić information content (AvgIpc) is 2.61. The molecule has 0 spiro atoms. The van der Waals surface area contributed by atoms with Crippen LogP contribution in [0, 0.1) is 0 Å². The highest BCUT2D eigenvalue weighted by molar-refractivity contribution is 6.34. The van der Waals surface area contributed by atoms with E-state index in [0.29, 0.717) is 12.0 Å². The maximum Gasteiger partial charge on any atom is 0.417 e. The van der Waals surface area contributed by atoms with Crippen molar-refractivity contribution >= 4 is 28.9 Å². The Hall–Kier alpha value is -2.21. The molecule has 2 aromatic carbocycles. The Morgan fingerprint density at radius 1 is 1.12 bits per heavy atom. The van der Waals surface area contributed by atoms with Crippen LogP contribution >= 0.6 is 11.6 Å². The summed E-state index contributed by atoms with van der Waals surface area (Å²) in [5.74, 6) is 0.0570. The van der Waals surface area contributed by atoms with Gasteiger partial charge in [0.05, 0.1) is 16.3 Å². The zero-order chi connectivity index (χ0) is 19.5. The lowest BCUT2D eigenvalue weighted by Gasteiger charge is -2.20. The molecule has 3 nitrogen and oxygen atoms in total. The number of rotatable bonds is 4. The lowest BCUT2D eigenvalue weighted by molar-refractivity contribution is -0.137. The highest BCUT2D eigenvalue weighted by Gasteiger charge is 2.34. The topological polar surface area (TPSA) is 41.6 Å². The van der Waals surface area contributed by atoms with E-state index < -0.39 is 16.8 Å². The molecular formula is C19H21ClF3N3. The maximum atomic E-state index is 13.2. The van der Waals surface area contributed by atoms with Crippen LogP contribution in [0.2, 0.25) is 5.02 Å². The van der Waals surface area contributed by atoms with E-state index >= 15 is 0 Å². The van der Waals surface area contributed by atoms with Crippen molar-refractivity contribution in [3.8, 4) is 0 Å². The number of nitrogens with zero attached hydrogens (tertiary/aromatic N) is 2. The molecule has 0 saturated heterocycles. The van der Waals surface area contributed by atoms with Crippen molar-refractivity contribution in [1.29, 1.82) is 0 Å². The fraction of sp³-hybridized carbons (Fsp3) is 0.316. The van der Waals surface area contributed by atoms with E-state index in [1.54, 1.807) is 18.9 Å². The minimum atomic E-state index is -4.55. The minimum Gasteiger partial charge on any atom is -0.369 e. The molecule has 2 rings (SSSR count). The molecule has 0 aliphatic rings. The van der Waals surface area contributed by atoms with Gasteiger partial charge in [-0.15, -0.1) is 0 Å². The zero-order valence-corrected chi connectivity index (χ0v) is 15.6. The number of hydrogen-bond donors (Lipinski definition) is 1. The van der Waals surface area contributed by atoms with Crippen molar-refractivity contribution in [2.45, 2.75) is 32.9 Å². The van der Waals surface area contributed by atoms with E-state index in [-0.39, 0.29) is 11.6 Å². The molecule has 2 aromatic rings. The molecule has 7 heteroatoms. The molecule has 140 valence electrons. The molecule has 0 atom stereocenters. The van der Waals surface area contributed by atoms with E-state index in [9.17, 15) is 13.2 Å². The van der Waals surface area contributed by atoms with Crippen molar-refractivity contribution in [2.75, 3.05) is 11.9 Å². The van der Waals surface area contributed by atoms with Crippen molar-refractivity contribution < 1.29 is 13.2 Å². The highest BCUT2D eigenvalue weighted by Crippen LogP contribution is 2.40. The van der Waals surface area contributed by atoms with Crippen molar-refractivity contribution in [1.82, 2.24) is 0 Å². The number of aliphatic imine (C=N–C) groups is 1. The summed E-state index contributed by atoms with van der Waals surface area (Å²) >= 11 is 5.96. The van der Waals surface area contributed by atoms with E-state index in [0.717, 1.165) is 23.7 Å². The lowest BCUT2D eigenvalue weighted by Crippen LogP contribution is -2.33. The number of guanidine groups is 1. The van der Waals surface area contributed by atoms with E-state index in [2.05, 4.69) is 4.99 Å². The Bertz CT molecular complexity index is 816. The van der Waals surface area contributed by atoms with E-state index in [4.69, 9.17) is 17.3 Å². The molecule has 0 aliphatic heterocycles. The van der Waals surface area contributed by atoms with Crippen LogP contribution in [0.3, 0.4) is 0 Å². The summed E-state index contributed by atoms with van der Waals surface area (Å²) in [5, 5.41) is -0.451. The van der Waals surface area contributed by atoms with Crippen LogP contribution < -0.4 is 10.6 Å². The first-order valence-corrected chi connectivity index (χ1v) is 8.61. The molecule has 0 radical (unpaired) electrons. The smallest absolute Gasteiger partial charge is 0.369 e. The summed E-state index contributed by atoms with van der Waals surface area (Å²) in [5.41, 5.74) is 7.54.